The predicted molar refractivity (Wildman–Crippen MR) is 80.5 cm³/mol. The largest absolute Gasteiger partial charge is 0.338 e. The smallest absolute Gasteiger partial charge is 0.315 e. The summed E-state index contributed by atoms with van der Waals surface area (Å²) in [6.45, 7) is 3.83. The third-order valence-corrected chi connectivity index (χ3v) is 4.02. The van der Waals surface area contributed by atoms with Crippen LogP contribution in [0.15, 0.2) is 18.2 Å². The molecule has 0 saturated carbocycles. The number of urea groups is 1. The molecule has 1 aromatic carbocycles. The maximum Gasteiger partial charge on any atom is 0.315 e. The van der Waals surface area contributed by atoms with Crippen molar-refractivity contribution in [1.82, 2.24) is 10.6 Å². The van der Waals surface area contributed by atoms with Gasteiger partial charge in [-0.05, 0) is 43.5 Å². The summed E-state index contributed by atoms with van der Waals surface area (Å²) >= 11 is 0. The first-order valence-corrected chi connectivity index (χ1v) is 8.70. The van der Waals surface area contributed by atoms with E-state index in [1.165, 1.54) is 12.1 Å². The summed E-state index contributed by atoms with van der Waals surface area (Å²) in [6, 6.07) is 3.66. The first-order chi connectivity index (χ1) is 9.67. The zero-order valence-electron chi connectivity index (χ0n) is 12.4. The lowest BCUT2D eigenvalue weighted by Gasteiger charge is -2.14. The number of carbonyl (C=O) groups excluding carboxylic acids is 1. The van der Waals surface area contributed by atoms with E-state index in [9.17, 15) is 17.6 Å². The average Bonchev–Trinajstić information content (AvgIpc) is 2.29. The van der Waals surface area contributed by atoms with Gasteiger partial charge in [-0.25, -0.2) is 17.6 Å². The molecule has 0 fully saturated rings. The van der Waals surface area contributed by atoms with Crippen LogP contribution < -0.4 is 10.6 Å². The Labute approximate surface area is 124 Å². The lowest BCUT2D eigenvalue weighted by Crippen LogP contribution is -2.44. The fraction of sp³-hybridized carbons (Fsp3) is 0.500. The fourth-order valence-electron chi connectivity index (χ4n) is 2.02. The van der Waals surface area contributed by atoms with Crippen LogP contribution in [0, 0.1) is 12.7 Å². The molecular weight excluding hydrogens is 295 g/mol. The van der Waals surface area contributed by atoms with Gasteiger partial charge in [-0.3, -0.25) is 0 Å². The summed E-state index contributed by atoms with van der Waals surface area (Å²) in [5.41, 5.74) is 1.79. The summed E-state index contributed by atoms with van der Waals surface area (Å²) in [7, 11) is -3.12. The third-order valence-electron chi connectivity index (χ3n) is 2.91. The molecule has 0 aliphatic heterocycles. The van der Waals surface area contributed by atoms with Crippen molar-refractivity contribution in [3.8, 4) is 0 Å². The minimum Gasteiger partial charge on any atom is -0.338 e. The molecule has 118 valence electrons. The minimum absolute atomic E-state index is 0.0997. The molecule has 0 aromatic heterocycles. The van der Waals surface area contributed by atoms with Gasteiger partial charge in [0.25, 0.3) is 0 Å². The molecule has 2 N–H and O–H groups in total. The van der Waals surface area contributed by atoms with Gasteiger partial charge in [0.2, 0.25) is 0 Å². The van der Waals surface area contributed by atoms with Gasteiger partial charge in [0.15, 0.2) is 0 Å². The first kappa shape index (κ1) is 17.4. The van der Waals surface area contributed by atoms with Crippen LogP contribution in [0.2, 0.25) is 0 Å². The monoisotopic (exact) mass is 316 g/mol. The van der Waals surface area contributed by atoms with Crippen molar-refractivity contribution in [3.63, 3.8) is 0 Å². The second-order valence-corrected chi connectivity index (χ2v) is 7.40. The standard InChI is InChI=1S/C14H21FN2O3S/c1-10-8-13(15)5-4-12(10)6-7-16-14(18)17-11(2)9-21(3,19)20/h4-5,8,11H,6-7,9H2,1-3H3,(H2,16,17,18)/t11-/m1/s1. The maximum atomic E-state index is 12.9. The number of aryl methyl sites for hydroxylation is 1. The van der Waals surface area contributed by atoms with Crippen LogP contribution >= 0.6 is 0 Å². The number of sulfone groups is 1. The molecule has 0 spiro atoms. The van der Waals surface area contributed by atoms with Crippen LogP contribution in [0.25, 0.3) is 0 Å². The van der Waals surface area contributed by atoms with Crippen LogP contribution in [-0.4, -0.2) is 39.0 Å². The summed E-state index contributed by atoms with van der Waals surface area (Å²) < 4.78 is 35.1. The van der Waals surface area contributed by atoms with Gasteiger partial charge in [0, 0.05) is 18.8 Å². The predicted octanol–water partition coefficient (Wildman–Crippen LogP) is 1.41. The third kappa shape index (κ3) is 7.08. The van der Waals surface area contributed by atoms with Gasteiger partial charge in [0.1, 0.15) is 15.7 Å². The Balaban J connectivity index is 2.37. The number of hydrogen-bond acceptors (Lipinski definition) is 3. The van der Waals surface area contributed by atoms with Gasteiger partial charge in [-0.1, -0.05) is 6.07 Å². The quantitative estimate of drug-likeness (QED) is 0.833. The fourth-order valence-corrected chi connectivity index (χ4v) is 3.01. The topological polar surface area (TPSA) is 75.3 Å². The molecule has 7 heteroatoms. The molecule has 21 heavy (non-hydrogen) atoms. The highest BCUT2D eigenvalue weighted by Gasteiger charge is 2.12. The van der Waals surface area contributed by atoms with E-state index in [2.05, 4.69) is 10.6 Å². The molecule has 0 radical (unpaired) electrons. The molecule has 1 rings (SSSR count). The highest BCUT2D eigenvalue weighted by atomic mass is 32.2. The minimum atomic E-state index is -3.12. The number of amides is 2. The number of benzene rings is 1. The van der Waals surface area contributed by atoms with Gasteiger partial charge in [-0.15, -0.1) is 0 Å². The molecule has 5 nitrogen and oxygen atoms in total. The molecule has 2 amide bonds. The number of rotatable bonds is 6. The van der Waals surface area contributed by atoms with E-state index in [0.29, 0.717) is 13.0 Å². The zero-order valence-corrected chi connectivity index (χ0v) is 13.3. The van der Waals surface area contributed by atoms with E-state index < -0.39 is 21.9 Å². The Hall–Kier alpha value is -1.63. The molecule has 1 atom stereocenters. The number of halogens is 1. The summed E-state index contributed by atoms with van der Waals surface area (Å²) in [6.07, 6.45) is 1.71. The molecule has 0 heterocycles. The van der Waals surface area contributed by atoms with Gasteiger partial charge >= 0.3 is 6.03 Å². The molecule has 0 unspecified atom stereocenters. The van der Waals surface area contributed by atoms with Crippen LogP contribution in [0.5, 0.6) is 0 Å². The van der Waals surface area contributed by atoms with E-state index in [1.54, 1.807) is 13.0 Å². The second kappa shape index (κ2) is 7.40. The van der Waals surface area contributed by atoms with E-state index in [4.69, 9.17) is 0 Å². The molecule has 0 saturated heterocycles. The van der Waals surface area contributed by atoms with E-state index in [1.807, 2.05) is 6.92 Å². The maximum absolute atomic E-state index is 12.9. The average molecular weight is 316 g/mol. The summed E-state index contributed by atoms with van der Waals surface area (Å²) in [4.78, 5) is 11.6. The highest BCUT2D eigenvalue weighted by Crippen LogP contribution is 2.10. The Morgan fingerprint density at radius 1 is 1.38 bits per heavy atom. The molecular formula is C14H21FN2O3S. The van der Waals surface area contributed by atoms with Gasteiger partial charge < -0.3 is 10.6 Å². The van der Waals surface area contributed by atoms with Crippen LogP contribution in [0.1, 0.15) is 18.1 Å². The van der Waals surface area contributed by atoms with E-state index in [-0.39, 0.29) is 11.6 Å². The van der Waals surface area contributed by atoms with Crippen molar-refractivity contribution in [2.24, 2.45) is 0 Å². The summed E-state index contributed by atoms with van der Waals surface area (Å²) in [5, 5.41) is 5.21. The van der Waals surface area contributed by atoms with Crippen molar-refractivity contribution in [2.45, 2.75) is 26.3 Å². The van der Waals surface area contributed by atoms with Crippen molar-refractivity contribution >= 4 is 15.9 Å². The molecule has 0 aliphatic rings. The second-order valence-electron chi connectivity index (χ2n) is 5.21. The van der Waals surface area contributed by atoms with Crippen molar-refractivity contribution in [3.05, 3.63) is 35.1 Å². The summed E-state index contributed by atoms with van der Waals surface area (Å²) in [5.74, 6) is -0.381. The number of nitrogens with one attached hydrogen (secondary N) is 2. The molecule has 0 bridgehead atoms. The number of hydrogen-bond donors (Lipinski definition) is 2. The lowest BCUT2D eigenvalue weighted by molar-refractivity contribution is 0.239. The van der Waals surface area contributed by atoms with Crippen molar-refractivity contribution < 1.29 is 17.6 Å². The van der Waals surface area contributed by atoms with E-state index in [0.717, 1.165) is 17.4 Å². The Morgan fingerprint density at radius 2 is 2.05 bits per heavy atom. The SMILES string of the molecule is Cc1cc(F)ccc1CCNC(=O)N[C@H](C)CS(C)(=O)=O. The lowest BCUT2D eigenvalue weighted by atomic mass is 10.1. The van der Waals surface area contributed by atoms with Crippen LogP contribution in [0.3, 0.4) is 0 Å². The van der Waals surface area contributed by atoms with E-state index >= 15 is 0 Å². The van der Waals surface area contributed by atoms with Crippen molar-refractivity contribution in [2.75, 3.05) is 18.6 Å². The molecule has 0 aliphatic carbocycles. The van der Waals surface area contributed by atoms with Gasteiger partial charge in [-0.2, -0.15) is 0 Å². The number of carbonyl (C=O) groups is 1. The van der Waals surface area contributed by atoms with Crippen molar-refractivity contribution in [1.29, 1.82) is 0 Å². The Morgan fingerprint density at radius 3 is 2.62 bits per heavy atom. The zero-order chi connectivity index (χ0) is 16.0. The van der Waals surface area contributed by atoms with Crippen LogP contribution in [-0.2, 0) is 16.3 Å². The highest BCUT2D eigenvalue weighted by molar-refractivity contribution is 7.90. The normalized spacial score (nSPS) is 12.8. The van der Waals surface area contributed by atoms with Crippen LogP contribution in [0.4, 0.5) is 9.18 Å². The van der Waals surface area contributed by atoms with Gasteiger partial charge in [0.05, 0.1) is 5.75 Å². The Bertz CT molecular complexity index is 602. The Kier molecular flexibility index (Phi) is 6.14. The first-order valence-electron chi connectivity index (χ1n) is 6.64. The molecule has 1 aromatic rings.